The SMILES string of the molecule is COc1ccc(/C=C/C(=O)OCC(=O)Nc2c(C)nn(-c3ccc(C)cc3)c2C)cc1. The lowest BCUT2D eigenvalue weighted by Gasteiger charge is -2.07. The molecule has 7 nitrogen and oxygen atoms in total. The molecule has 7 heteroatoms. The molecule has 1 heterocycles. The van der Waals surface area contributed by atoms with Crippen molar-refractivity contribution in [2.24, 2.45) is 0 Å². The number of hydrogen-bond donors (Lipinski definition) is 1. The van der Waals surface area contributed by atoms with Gasteiger partial charge in [-0.3, -0.25) is 4.79 Å². The Morgan fingerprint density at radius 1 is 1.03 bits per heavy atom. The van der Waals surface area contributed by atoms with Crippen molar-refractivity contribution in [3.63, 3.8) is 0 Å². The van der Waals surface area contributed by atoms with Gasteiger partial charge in [-0.05, 0) is 56.7 Å². The third-order valence-corrected chi connectivity index (χ3v) is 4.71. The Hall–Kier alpha value is -3.87. The molecule has 0 unspecified atom stereocenters. The van der Waals surface area contributed by atoms with E-state index in [1.807, 2.05) is 57.2 Å². The molecule has 0 aliphatic heterocycles. The minimum atomic E-state index is -0.602. The van der Waals surface area contributed by atoms with Crippen LogP contribution in [0.25, 0.3) is 11.8 Å². The van der Waals surface area contributed by atoms with Gasteiger partial charge in [0.1, 0.15) is 5.75 Å². The summed E-state index contributed by atoms with van der Waals surface area (Å²) >= 11 is 0. The predicted octanol–water partition coefficient (Wildman–Crippen LogP) is 4.00. The number of carbonyl (C=O) groups excluding carboxylic acids is 2. The van der Waals surface area contributed by atoms with Crippen LogP contribution in [0, 0.1) is 20.8 Å². The third kappa shape index (κ3) is 5.60. The molecular weight excluding hydrogens is 394 g/mol. The van der Waals surface area contributed by atoms with E-state index >= 15 is 0 Å². The second-order valence-electron chi connectivity index (χ2n) is 7.06. The topological polar surface area (TPSA) is 82.4 Å². The van der Waals surface area contributed by atoms with Crippen LogP contribution in [-0.4, -0.2) is 35.4 Å². The molecule has 0 bridgehead atoms. The Morgan fingerprint density at radius 2 is 1.71 bits per heavy atom. The minimum Gasteiger partial charge on any atom is -0.497 e. The number of aryl methyl sites for hydroxylation is 2. The van der Waals surface area contributed by atoms with E-state index in [9.17, 15) is 9.59 Å². The van der Waals surface area contributed by atoms with Gasteiger partial charge < -0.3 is 14.8 Å². The molecule has 0 aliphatic rings. The molecule has 0 saturated carbocycles. The van der Waals surface area contributed by atoms with Crippen molar-refractivity contribution in [2.75, 3.05) is 19.0 Å². The van der Waals surface area contributed by atoms with E-state index in [2.05, 4.69) is 10.4 Å². The van der Waals surface area contributed by atoms with E-state index < -0.39 is 11.9 Å². The minimum absolute atomic E-state index is 0.389. The lowest BCUT2D eigenvalue weighted by molar-refractivity contribution is -0.142. The molecule has 1 aromatic heterocycles. The third-order valence-electron chi connectivity index (χ3n) is 4.71. The molecule has 0 aliphatic carbocycles. The number of aromatic nitrogens is 2. The molecule has 0 radical (unpaired) electrons. The summed E-state index contributed by atoms with van der Waals surface area (Å²) in [4.78, 5) is 24.2. The van der Waals surface area contributed by atoms with Crippen LogP contribution < -0.4 is 10.1 Å². The highest BCUT2D eigenvalue weighted by atomic mass is 16.5. The Bertz CT molecular complexity index is 1100. The van der Waals surface area contributed by atoms with Gasteiger partial charge in [0, 0.05) is 6.08 Å². The molecule has 3 aromatic rings. The number of hydrogen-bond acceptors (Lipinski definition) is 5. The van der Waals surface area contributed by atoms with Gasteiger partial charge in [-0.2, -0.15) is 5.10 Å². The zero-order valence-electron chi connectivity index (χ0n) is 18.0. The average molecular weight is 419 g/mol. The van der Waals surface area contributed by atoms with Crippen LogP contribution in [0.1, 0.15) is 22.5 Å². The second kappa shape index (κ2) is 9.75. The van der Waals surface area contributed by atoms with Crippen molar-refractivity contribution < 1.29 is 19.1 Å². The van der Waals surface area contributed by atoms with E-state index in [4.69, 9.17) is 9.47 Å². The van der Waals surface area contributed by atoms with E-state index in [-0.39, 0.29) is 6.61 Å². The number of anilines is 1. The van der Waals surface area contributed by atoms with Gasteiger partial charge >= 0.3 is 5.97 Å². The van der Waals surface area contributed by atoms with Crippen LogP contribution in [0.15, 0.2) is 54.6 Å². The van der Waals surface area contributed by atoms with E-state index in [0.717, 1.165) is 28.3 Å². The number of ether oxygens (including phenoxy) is 2. The molecule has 160 valence electrons. The zero-order chi connectivity index (χ0) is 22.4. The summed E-state index contributed by atoms with van der Waals surface area (Å²) in [6.45, 7) is 5.32. The second-order valence-corrected chi connectivity index (χ2v) is 7.06. The maximum atomic E-state index is 12.3. The molecule has 2 aromatic carbocycles. The fraction of sp³-hybridized carbons (Fsp3) is 0.208. The number of rotatable bonds is 7. The predicted molar refractivity (Wildman–Crippen MR) is 119 cm³/mol. The van der Waals surface area contributed by atoms with Gasteiger partial charge in [-0.25, -0.2) is 9.48 Å². The maximum absolute atomic E-state index is 12.3. The number of nitrogens with zero attached hydrogens (tertiary/aromatic N) is 2. The number of benzene rings is 2. The molecule has 0 atom stereocenters. The maximum Gasteiger partial charge on any atom is 0.331 e. The number of methoxy groups -OCH3 is 1. The highest BCUT2D eigenvalue weighted by molar-refractivity contribution is 5.95. The molecule has 3 rings (SSSR count). The van der Waals surface area contributed by atoms with E-state index in [1.165, 1.54) is 6.08 Å². The molecule has 1 N–H and O–H groups in total. The van der Waals surface area contributed by atoms with Crippen LogP contribution in [0.2, 0.25) is 0 Å². The summed E-state index contributed by atoms with van der Waals surface area (Å²) < 4.78 is 11.9. The summed E-state index contributed by atoms with van der Waals surface area (Å²) in [5.74, 6) is -0.302. The fourth-order valence-electron chi connectivity index (χ4n) is 3.00. The lowest BCUT2D eigenvalue weighted by atomic mass is 10.2. The number of esters is 1. The Balaban J connectivity index is 1.57. The molecule has 0 spiro atoms. The first kappa shape index (κ1) is 21.8. The number of amides is 1. The van der Waals surface area contributed by atoms with Crippen molar-refractivity contribution >= 4 is 23.6 Å². The van der Waals surface area contributed by atoms with Gasteiger partial charge in [0.2, 0.25) is 0 Å². The monoisotopic (exact) mass is 419 g/mol. The van der Waals surface area contributed by atoms with Gasteiger partial charge in [-0.15, -0.1) is 0 Å². The molecular formula is C24H25N3O4. The van der Waals surface area contributed by atoms with Crippen molar-refractivity contribution in [3.05, 3.63) is 77.1 Å². The normalized spacial score (nSPS) is 10.8. The highest BCUT2D eigenvalue weighted by Crippen LogP contribution is 2.23. The average Bonchev–Trinajstić information content (AvgIpc) is 3.05. The molecule has 1 amide bonds. The van der Waals surface area contributed by atoms with Gasteiger partial charge in [0.05, 0.1) is 29.9 Å². The van der Waals surface area contributed by atoms with Crippen molar-refractivity contribution in [2.45, 2.75) is 20.8 Å². The molecule has 0 fully saturated rings. The van der Waals surface area contributed by atoms with Crippen LogP contribution in [0.5, 0.6) is 5.75 Å². The van der Waals surface area contributed by atoms with E-state index in [0.29, 0.717) is 11.4 Å². The number of nitrogens with one attached hydrogen (secondary N) is 1. The first-order valence-electron chi connectivity index (χ1n) is 9.79. The summed E-state index contributed by atoms with van der Waals surface area (Å²) in [5, 5.41) is 7.29. The first-order chi connectivity index (χ1) is 14.9. The largest absolute Gasteiger partial charge is 0.497 e. The smallest absolute Gasteiger partial charge is 0.331 e. The first-order valence-corrected chi connectivity index (χ1v) is 9.79. The van der Waals surface area contributed by atoms with Crippen LogP contribution in [0.4, 0.5) is 5.69 Å². The standard InChI is InChI=1S/C24H25N3O4/c1-16-5-10-20(11-6-16)27-18(3)24(17(2)26-27)25-22(28)15-31-23(29)14-9-19-7-12-21(30-4)13-8-19/h5-14H,15H2,1-4H3,(H,25,28)/b14-9+. The Labute approximate surface area is 181 Å². The Kier molecular flexibility index (Phi) is 6.87. The van der Waals surface area contributed by atoms with Crippen molar-refractivity contribution in [1.82, 2.24) is 9.78 Å². The summed E-state index contributed by atoms with van der Waals surface area (Å²) in [7, 11) is 1.59. The lowest BCUT2D eigenvalue weighted by Crippen LogP contribution is -2.20. The molecule has 31 heavy (non-hydrogen) atoms. The summed E-state index contributed by atoms with van der Waals surface area (Å²) in [6, 6.07) is 15.2. The van der Waals surface area contributed by atoms with Crippen molar-refractivity contribution in [1.29, 1.82) is 0 Å². The number of carbonyl (C=O) groups is 2. The van der Waals surface area contributed by atoms with Crippen LogP contribution >= 0.6 is 0 Å². The quantitative estimate of drug-likeness (QED) is 0.462. The van der Waals surface area contributed by atoms with Gasteiger partial charge in [0.15, 0.2) is 6.61 Å². The molecule has 0 saturated heterocycles. The van der Waals surface area contributed by atoms with Crippen molar-refractivity contribution in [3.8, 4) is 11.4 Å². The summed E-state index contributed by atoms with van der Waals surface area (Å²) in [6.07, 6.45) is 2.89. The van der Waals surface area contributed by atoms with Crippen LogP contribution in [-0.2, 0) is 14.3 Å². The zero-order valence-corrected chi connectivity index (χ0v) is 18.0. The highest BCUT2D eigenvalue weighted by Gasteiger charge is 2.16. The summed E-state index contributed by atoms with van der Waals surface area (Å²) in [5.41, 5.74) is 4.95. The van der Waals surface area contributed by atoms with Crippen LogP contribution in [0.3, 0.4) is 0 Å². The van der Waals surface area contributed by atoms with Gasteiger partial charge in [0.25, 0.3) is 5.91 Å². The van der Waals surface area contributed by atoms with Gasteiger partial charge in [-0.1, -0.05) is 29.8 Å². The fourth-order valence-corrected chi connectivity index (χ4v) is 3.00. The van der Waals surface area contributed by atoms with E-state index in [1.54, 1.807) is 30.0 Å². The Morgan fingerprint density at radius 3 is 2.35 bits per heavy atom.